The molecule has 2 heterocycles. The van der Waals surface area contributed by atoms with E-state index in [9.17, 15) is 4.79 Å². The minimum Gasteiger partial charge on any atom is -0.335 e. The molecule has 5 heteroatoms. The van der Waals surface area contributed by atoms with Gasteiger partial charge in [-0.2, -0.15) is 0 Å². The molecule has 3 aromatic rings. The average molecular weight is 367 g/mol. The fraction of sp³-hybridized carbons (Fsp3) is 0.150. The van der Waals surface area contributed by atoms with E-state index in [1.807, 2.05) is 41.3 Å². The minimum atomic E-state index is -0.0717. The Morgan fingerprint density at radius 1 is 1.20 bits per heavy atom. The van der Waals surface area contributed by atoms with E-state index in [1.165, 1.54) is 0 Å². The summed E-state index contributed by atoms with van der Waals surface area (Å²) in [5, 5.41) is 1.71. The Kier molecular flexibility index (Phi) is 4.20. The van der Waals surface area contributed by atoms with Crippen LogP contribution in [0.4, 0.5) is 5.69 Å². The predicted octanol–water partition coefficient (Wildman–Crippen LogP) is 4.71. The Morgan fingerprint density at radius 2 is 1.96 bits per heavy atom. The van der Waals surface area contributed by atoms with Gasteiger partial charge in [-0.1, -0.05) is 35.7 Å². The zero-order valence-electron chi connectivity index (χ0n) is 13.4. The average Bonchev–Trinajstić information content (AvgIpc) is 3.17. The second-order valence-corrected chi connectivity index (χ2v) is 7.34. The van der Waals surface area contributed by atoms with Crippen molar-refractivity contribution in [3.63, 3.8) is 0 Å². The van der Waals surface area contributed by atoms with Crippen molar-refractivity contribution < 1.29 is 4.79 Å². The number of hydrogen-bond donors (Lipinski definition) is 0. The molecule has 1 atom stereocenters. The van der Waals surface area contributed by atoms with Crippen molar-refractivity contribution in [1.82, 2.24) is 4.57 Å². The second kappa shape index (κ2) is 6.51. The molecule has 0 spiro atoms. The summed E-state index contributed by atoms with van der Waals surface area (Å²) in [5.74, 6) is 3.26. The second-order valence-electron chi connectivity index (χ2n) is 5.84. The van der Waals surface area contributed by atoms with Gasteiger partial charge in [0.05, 0.1) is 12.3 Å². The third-order valence-corrected chi connectivity index (χ3v) is 5.77. The molecule has 4 rings (SSSR count). The summed E-state index contributed by atoms with van der Waals surface area (Å²) in [7, 11) is 0. The third-order valence-electron chi connectivity index (χ3n) is 4.32. The molecule has 25 heavy (non-hydrogen) atoms. The molecule has 2 aromatic carbocycles. The number of fused-ring (bicyclic) bond motifs is 1. The first-order chi connectivity index (χ1) is 12.2. The first kappa shape index (κ1) is 16.1. The van der Waals surface area contributed by atoms with Gasteiger partial charge in [0.1, 0.15) is 5.37 Å². The van der Waals surface area contributed by atoms with Gasteiger partial charge in [0, 0.05) is 33.4 Å². The van der Waals surface area contributed by atoms with Gasteiger partial charge in [-0.15, -0.1) is 18.2 Å². The molecule has 0 N–H and O–H groups in total. The number of halogens is 1. The van der Waals surface area contributed by atoms with Gasteiger partial charge in [-0.05, 0) is 30.3 Å². The van der Waals surface area contributed by atoms with E-state index >= 15 is 0 Å². The predicted molar refractivity (Wildman–Crippen MR) is 105 cm³/mol. The lowest BCUT2D eigenvalue weighted by molar-refractivity contribution is -0.115. The van der Waals surface area contributed by atoms with E-state index in [-0.39, 0.29) is 11.3 Å². The molecular weight excluding hydrogens is 352 g/mol. The summed E-state index contributed by atoms with van der Waals surface area (Å²) < 4.78 is 2.06. The first-order valence-corrected chi connectivity index (χ1v) is 9.32. The van der Waals surface area contributed by atoms with Crippen LogP contribution in [0.3, 0.4) is 0 Å². The van der Waals surface area contributed by atoms with E-state index in [0.29, 0.717) is 17.3 Å². The minimum absolute atomic E-state index is 0.0717. The highest BCUT2D eigenvalue weighted by atomic mass is 35.5. The number of thioether (sulfide) groups is 1. The summed E-state index contributed by atoms with van der Waals surface area (Å²) in [6, 6.07) is 15.6. The SMILES string of the molecule is C#CCn1cc([C@H]2SCC(=O)N2c2ccc(Cl)cc2)c2ccccc21. The Balaban J connectivity index is 1.83. The molecule has 1 fully saturated rings. The van der Waals surface area contributed by atoms with Gasteiger partial charge >= 0.3 is 0 Å². The van der Waals surface area contributed by atoms with Crippen LogP contribution in [-0.2, 0) is 11.3 Å². The summed E-state index contributed by atoms with van der Waals surface area (Å²) in [6.45, 7) is 0.507. The molecule has 0 radical (unpaired) electrons. The molecule has 0 saturated carbocycles. The fourth-order valence-corrected chi connectivity index (χ4v) is 4.56. The number of aromatic nitrogens is 1. The van der Waals surface area contributed by atoms with Crippen LogP contribution < -0.4 is 4.90 Å². The van der Waals surface area contributed by atoms with Crippen LogP contribution in [0.25, 0.3) is 10.9 Å². The number of carbonyl (C=O) groups is 1. The standard InChI is InChI=1S/C20H15ClN2OS/c1-2-11-22-12-17(16-5-3-4-6-18(16)22)20-23(19(24)13-25-20)15-9-7-14(21)8-10-15/h1,3-10,12,20H,11,13H2/t20-/m1/s1. The number of terminal acetylenes is 1. The molecule has 1 aliphatic rings. The fourth-order valence-electron chi connectivity index (χ4n) is 3.24. The Morgan fingerprint density at radius 3 is 2.72 bits per heavy atom. The first-order valence-electron chi connectivity index (χ1n) is 7.89. The van der Waals surface area contributed by atoms with E-state index in [1.54, 1.807) is 11.8 Å². The van der Waals surface area contributed by atoms with Crippen molar-refractivity contribution in [3.8, 4) is 12.3 Å². The smallest absolute Gasteiger partial charge is 0.238 e. The molecule has 0 aliphatic carbocycles. The van der Waals surface area contributed by atoms with Gasteiger partial charge in [0.15, 0.2) is 0 Å². The van der Waals surface area contributed by atoms with E-state index in [4.69, 9.17) is 18.0 Å². The monoisotopic (exact) mass is 366 g/mol. The lowest BCUT2D eigenvalue weighted by Crippen LogP contribution is -2.27. The van der Waals surface area contributed by atoms with Crippen LogP contribution in [0, 0.1) is 12.3 Å². The maximum atomic E-state index is 12.5. The molecule has 3 nitrogen and oxygen atoms in total. The normalized spacial score (nSPS) is 17.2. The van der Waals surface area contributed by atoms with Crippen molar-refractivity contribution in [2.24, 2.45) is 0 Å². The number of anilines is 1. The largest absolute Gasteiger partial charge is 0.335 e. The number of nitrogens with zero attached hydrogens (tertiary/aromatic N) is 2. The highest BCUT2D eigenvalue weighted by Crippen LogP contribution is 2.44. The quantitative estimate of drug-likeness (QED) is 0.627. The number of rotatable bonds is 3. The van der Waals surface area contributed by atoms with E-state index < -0.39 is 0 Å². The summed E-state index contributed by atoms with van der Waals surface area (Å²) in [6.07, 6.45) is 7.59. The highest BCUT2D eigenvalue weighted by Gasteiger charge is 2.35. The van der Waals surface area contributed by atoms with Crippen LogP contribution in [0.15, 0.2) is 54.7 Å². The number of para-hydroxylation sites is 1. The topological polar surface area (TPSA) is 25.2 Å². The van der Waals surface area contributed by atoms with Crippen LogP contribution in [0.1, 0.15) is 10.9 Å². The molecular formula is C20H15ClN2OS. The van der Waals surface area contributed by atoms with Gasteiger partial charge in [-0.3, -0.25) is 9.69 Å². The van der Waals surface area contributed by atoms with Crippen LogP contribution >= 0.6 is 23.4 Å². The molecule has 0 unspecified atom stereocenters. The van der Waals surface area contributed by atoms with Crippen molar-refractivity contribution in [1.29, 1.82) is 0 Å². The van der Waals surface area contributed by atoms with Gasteiger partial charge in [0.25, 0.3) is 0 Å². The Hall–Kier alpha value is -2.35. The van der Waals surface area contributed by atoms with Crippen LogP contribution in [0.5, 0.6) is 0 Å². The highest BCUT2D eigenvalue weighted by molar-refractivity contribution is 8.00. The van der Waals surface area contributed by atoms with Crippen molar-refractivity contribution in [3.05, 3.63) is 65.3 Å². The van der Waals surface area contributed by atoms with E-state index in [0.717, 1.165) is 22.2 Å². The maximum absolute atomic E-state index is 12.5. The van der Waals surface area contributed by atoms with Gasteiger partial charge < -0.3 is 4.57 Å². The lowest BCUT2D eigenvalue weighted by atomic mass is 10.1. The van der Waals surface area contributed by atoms with Crippen molar-refractivity contribution in [2.45, 2.75) is 11.9 Å². The molecule has 124 valence electrons. The molecule has 0 bridgehead atoms. The summed E-state index contributed by atoms with van der Waals surface area (Å²) >= 11 is 7.63. The van der Waals surface area contributed by atoms with Crippen LogP contribution in [0.2, 0.25) is 5.02 Å². The van der Waals surface area contributed by atoms with Crippen molar-refractivity contribution >= 4 is 45.9 Å². The number of amides is 1. The molecule has 1 saturated heterocycles. The lowest BCUT2D eigenvalue weighted by Gasteiger charge is -2.24. The summed E-state index contributed by atoms with van der Waals surface area (Å²) in [5.41, 5.74) is 3.06. The number of hydrogen-bond acceptors (Lipinski definition) is 2. The number of benzene rings is 2. The molecule has 1 amide bonds. The molecule has 1 aromatic heterocycles. The van der Waals surface area contributed by atoms with Gasteiger partial charge in [-0.25, -0.2) is 0 Å². The van der Waals surface area contributed by atoms with Gasteiger partial charge in [0.2, 0.25) is 5.91 Å². The van der Waals surface area contributed by atoms with E-state index in [2.05, 4.69) is 28.8 Å². The van der Waals surface area contributed by atoms with Crippen molar-refractivity contribution in [2.75, 3.05) is 10.7 Å². The summed E-state index contributed by atoms with van der Waals surface area (Å²) in [4.78, 5) is 14.4. The Labute approximate surface area is 155 Å². The zero-order valence-corrected chi connectivity index (χ0v) is 14.9. The molecule has 1 aliphatic heterocycles. The number of carbonyl (C=O) groups excluding carboxylic acids is 1. The van der Waals surface area contributed by atoms with Crippen LogP contribution in [-0.4, -0.2) is 16.2 Å². The third kappa shape index (κ3) is 2.80. The Bertz CT molecular complexity index is 987. The maximum Gasteiger partial charge on any atom is 0.238 e. The zero-order chi connectivity index (χ0) is 17.4.